The van der Waals surface area contributed by atoms with Crippen molar-refractivity contribution in [3.63, 3.8) is 0 Å². The Morgan fingerprint density at radius 3 is 2.70 bits per heavy atom. The Bertz CT molecular complexity index is 739. The van der Waals surface area contributed by atoms with Gasteiger partial charge in [0.2, 0.25) is 0 Å². The second kappa shape index (κ2) is 3.85. The summed E-state index contributed by atoms with van der Waals surface area (Å²) >= 11 is 0. The van der Waals surface area contributed by atoms with E-state index in [-0.39, 0.29) is 5.56 Å². The molecule has 0 spiro atoms. The lowest BCUT2D eigenvalue weighted by molar-refractivity contribution is -0.131. The van der Waals surface area contributed by atoms with Crippen LogP contribution < -0.4 is 4.90 Å². The lowest BCUT2D eigenvalue weighted by Gasteiger charge is -2.40. The Kier molecular flexibility index (Phi) is 2.22. The first-order chi connectivity index (χ1) is 9.66. The predicted octanol–water partition coefficient (Wildman–Crippen LogP) is 2.13. The third-order valence-corrected chi connectivity index (χ3v) is 4.51. The minimum atomic E-state index is -1.41. The first-order valence-electron chi connectivity index (χ1n) is 6.84. The molecule has 1 saturated heterocycles. The number of nitrogens with zero attached hydrogens (tertiary/aromatic N) is 1. The molecule has 1 aromatic carbocycles. The third-order valence-electron chi connectivity index (χ3n) is 4.51. The average molecular weight is 270 g/mol. The zero-order valence-corrected chi connectivity index (χ0v) is 10.8. The van der Waals surface area contributed by atoms with Crippen molar-refractivity contribution in [3.8, 4) is 0 Å². The molecule has 20 heavy (non-hydrogen) atoms. The molecule has 2 N–H and O–H groups in total. The van der Waals surface area contributed by atoms with Crippen LogP contribution in [0.25, 0.3) is 10.9 Å². The van der Waals surface area contributed by atoms with Crippen molar-refractivity contribution in [1.82, 2.24) is 4.98 Å². The van der Waals surface area contributed by atoms with Gasteiger partial charge < -0.3 is 15.0 Å². The number of hydrogen-bond donors (Lipinski definition) is 2. The number of anilines is 1. The fourth-order valence-corrected chi connectivity index (χ4v) is 3.58. The molecule has 3 aliphatic rings. The number of carbonyl (C=O) groups is 2. The summed E-state index contributed by atoms with van der Waals surface area (Å²) in [5, 5.41) is 9.94. The second-order valence-corrected chi connectivity index (χ2v) is 5.51. The zero-order valence-electron chi connectivity index (χ0n) is 10.8. The number of benzene rings is 1. The standard InChI is InChI=1S/C15H14N2O3/c18-13(15(19)20)10-3-1-2-9-11-8-4-6-17(7-5-8)14(11)16-12(9)10/h1-3,8,16H,4-7H2,(H,19,20). The molecule has 5 heteroatoms. The van der Waals surface area contributed by atoms with E-state index in [0.717, 1.165) is 37.1 Å². The molecule has 2 bridgehead atoms. The minimum Gasteiger partial charge on any atom is -0.475 e. The molecule has 0 amide bonds. The maximum absolute atomic E-state index is 11.8. The number of aliphatic carboxylic acids is 1. The van der Waals surface area contributed by atoms with E-state index < -0.39 is 11.8 Å². The summed E-state index contributed by atoms with van der Waals surface area (Å²) in [7, 11) is 0. The summed E-state index contributed by atoms with van der Waals surface area (Å²) in [6, 6.07) is 5.33. The van der Waals surface area contributed by atoms with Crippen molar-refractivity contribution in [1.29, 1.82) is 0 Å². The summed E-state index contributed by atoms with van der Waals surface area (Å²) in [4.78, 5) is 28.4. The number of fused-ring (bicyclic) bond motifs is 3. The number of rotatable bonds is 2. The van der Waals surface area contributed by atoms with Crippen molar-refractivity contribution < 1.29 is 14.7 Å². The molecule has 2 aromatic rings. The van der Waals surface area contributed by atoms with Crippen molar-refractivity contribution in [3.05, 3.63) is 29.3 Å². The molecule has 3 aliphatic heterocycles. The van der Waals surface area contributed by atoms with Crippen LogP contribution in [0.5, 0.6) is 0 Å². The maximum Gasteiger partial charge on any atom is 0.377 e. The van der Waals surface area contributed by atoms with Crippen molar-refractivity contribution in [2.24, 2.45) is 0 Å². The smallest absolute Gasteiger partial charge is 0.377 e. The number of carboxylic acid groups (broad SMARTS) is 1. The van der Waals surface area contributed by atoms with Crippen LogP contribution in [0.15, 0.2) is 18.2 Å². The van der Waals surface area contributed by atoms with Gasteiger partial charge in [-0.25, -0.2) is 4.79 Å². The molecule has 0 unspecified atom stereocenters. The molecular formula is C15H14N2O3. The molecule has 5 rings (SSSR count). The van der Waals surface area contributed by atoms with Gasteiger partial charge in [-0.15, -0.1) is 0 Å². The van der Waals surface area contributed by atoms with Gasteiger partial charge in [-0.1, -0.05) is 12.1 Å². The average Bonchev–Trinajstić information content (AvgIpc) is 2.89. The number of ketones is 1. The molecule has 4 heterocycles. The number of carboxylic acids is 1. The van der Waals surface area contributed by atoms with Crippen LogP contribution in [0.3, 0.4) is 0 Å². The molecular weight excluding hydrogens is 256 g/mol. The van der Waals surface area contributed by atoms with Gasteiger partial charge in [0.25, 0.3) is 5.78 Å². The van der Waals surface area contributed by atoms with Gasteiger partial charge in [0.1, 0.15) is 5.82 Å². The van der Waals surface area contributed by atoms with Gasteiger partial charge in [0.15, 0.2) is 0 Å². The number of aromatic amines is 1. The van der Waals surface area contributed by atoms with E-state index in [1.807, 2.05) is 6.07 Å². The Morgan fingerprint density at radius 1 is 1.25 bits per heavy atom. The highest BCUT2D eigenvalue weighted by molar-refractivity contribution is 6.42. The van der Waals surface area contributed by atoms with Crippen molar-refractivity contribution in [2.45, 2.75) is 18.8 Å². The van der Waals surface area contributed by atoms with Gasteiger partial charge in [-0.2, -0.15) is 0 Å². The topological polar surface area (TPSA) is 73.4 Å². The van der Waals surface area contributed by atoms with Crippen molar-refractivity contribution in [2.75, 3.05) is 18.0 Å². The predicted molar refractivity (Wildman–Crippen MR) is 74.5 cm³/mol. The van der Waals surface area contributed by atoms with E-state index in [1.54, 1.807) is 12.1 Å². The summed E-state index contributed by atoms with van der Waals surface area (Å²) in [5.74, 6) is -0.656. The number of para-hydroxylation sites is 1. The summed E-state index contributed by atoms with van der Waals surface area (Å²) in [6.45, 7) is 2.07. The van der Waals surface area contributed by atoms with E-state index in [0.29, 0.717) is 11.4 Å². The molecule has 1 fully saturated rings. The highest BCUT2D eigenvalue weighted by Crippen LogP contribution is 2.46. The number of nitrogens with one attached hydrogen (secondary N) is 1. The van der Waals surface area contributed by atoms with Crippen molar-refractivity contribution >= 4 is 28.5 Å². The van der Waals surface area contributed by atoms with Crippen LogP contribution in [0.1, 0.15) is 34.7 Å². The number of piperidine rings is 1. The quantitative estimate of drug-likeness (QED) is 0.647. The van der Waals surface area contributed by atoms with Gasteiger partial charge in [-0.3, -0.25) is 4.79 Å². The number of hydrogen-bond acceptors (Lipinski definition) is 3. The normalized spacial score (nSPS) is 17.5. The zero-order chi connectivity index (χ0) is 13.9. The first kappa shape index (κ1) is 11.5. The van der Waals surface area contributed by atoms with E-state index >= 15 is 0 Å². The highest BCUT2D eigenvalue weighted by atomic mass is 16.4. The fourth-order valence-electron chi connectivity index (χ4n) is 3.58. The SMILES string of the molecule is O=C(O)C(=O)c1cccc2c3c([nH]c12)N1CCC3CC1. The highest BCUT2D eigenvalue weighted by Gasteiger charge is 2.34. The molecule has 102 valence electrons. The lowest BCUT2D eigenvalue weighted by Crippen LogP contribution is -2.38. The second-order valence-electron chi connectivity index (χ2n) is 5.51. The molecule has 0 radical (unpaired) electrons. The minimum absolute atomic E-state index is 0.255. The number of aromatic nitrogens is 1. The van der Waals surface area contributed by atoms with E-state index in [4.69, 9.17) is 5.11 Å². The number of H-pyrrole nitrogens is 1. The monoisotopic (exact) mass is 270 g/mol. The Labute approximate surface area is 115 Å². The Morgan fingerprint density at radius 2 is 2.00 bits per heavy atom. The van der Waals surface area contributed by atoms with Crippen LogP contribution in [0.4, 0.5) is 5.82 Å². The van der Waals surface area contributed by atoms with Crippen LogP contribution >= 0.6 is 0 Å². The number of carbonyl (C=O) groups excluding carboxylic acids is 1. The van der Waals surface area contributed by atoms with E-state index in [9.17, 15) is 9.59 Å². The van der Waals surface area contributed by atoms with Crippen LogP contribution in [0, 0.1) is 0 Å². The molecule has 1 aromatic heterocycles. The van der Waals surface area contributed by atoms with Gasteiger partial charge in [-0.05, 0) is 24.8 Å². The molecule has 0 atom stereocenters. The largest absolute Gasteiger partial charge is 0.475 e. The fraction of sp³-hybridized carbons (Fsp3) is 0.333. The van der Waals surface area contributed by atoms with Gasteiger partial charge in [0.05, 0.1) is 11.1 Å². The van der Waals surface area contributed by atoms with Crippen LogP contribution in [0.2, 0.25) is 0 Å². The Hall–Kier alpha value is -2.30. The first-order valence-corrected chi connectivity index (χ1v) is 6.84. The summed E-state index contributed by atoms with van der Waals surface area (Å²) < 4.78 is 0. The van der Waals surface area contributed by atoms with Crippen LogP contribution in [-0.4, -0.2) is 34.9 Å². The molecule has 0 aliphatic carbocycles. The van der Waals surface area contributed by atoms with E-state index in [2.05, 4.69) is 9.88 Å². The van der Waals surface area contributed by atoms with Gasteiger partial charge in [0, 0.05) is 24.0 Å². The van der Waals surface area contributed by atoms with Gasteiger partial charge >= 0.3 is 5.97 Å². The third kappa shape index (κ3) is 1.37. The molecule has 5 nitrogen and oxygen atoms in total. The summed E-state index contributed by atoms with van der Waals surface area (Å²) in [5.41, 5.74) is 2.19. The maximum atomic E-state index is 11.8. The van der Waals surface area contributed by atoms with E-state index in [1.165, 1.54) is 5.56 Å². The molecule has 0 saturated carbocycles. The van der Waals surface area contributed by atoms with Crippen LogP contribution in [-0.2, 0) is 4.79 Å². The lowest BCUT2D eigenvalue weighted by atomic mass is 9.84. The number of Topliss-reactive ketones (excluding diaryl/α,β-unsaturated/α-hetero) is 1. The summed E-state index contributed by atoms with van der Waals surface area (Å²) in [6.07, 6.45) is 2.27. The Balaban J connectivity index is 2.00.